The largest absolute Gasteiger partial charge is 0.326 e. The summed E-state index contributed by atoms with van der Waals surface area (Å²) in [6.45, 7) is 1.68. The molecule has 25 heavy (non-hydrogen) atoms. The van der Waals surface area contributed by atoms with E-state index in [9.17, 15) is 13.2 Å². The van der Waals surface area contributed by atoms with Crippen LogP contribution in [0.2, 0.25) is 0 Å². The Hall–Kier alpha value is -2.38. The molecule has 2 aromatic carbocycles. The van der Waals surface area contributed by atoms with Crippen molar-refractivity contribution in [3.8, 4) is 0 Å². The maximum absolute atomic E-state index is 12.4. The highest BCUT2D eigenvalue weighted by Gasteiger charge is 2.21. The van der Waals surface area contributed by atoms with Crippen molar-refractivity contribution in [2.75, 3.05) is 23.1 Å². The predicted molar refractivity (Wildman–Crippen MR) is 97.9 cm³/mol. The number of hydrogen-bond donors (Lipinski definition) is 3. The number of amides is 1. The minimum absolute atomic E-state index is 0.00841. The van der Waals surface area contributed by atoms with Crippen molar-refractivity contribution in [1.82, 2.24) is 5.32 Å². The van der Waals surface area contributed by atoms with Crippen LogP contribution in [-0.2, 0) is 14.8 Å². The number of rotatable bonds is 5. The zero-order valence-corrected chi connectivity index (χ0v) is 14.6. The maximum Gasteiger partial charge on any atom is 0.261 e. The van der Waals surface area contributed by atoms with E-state index in [0.717, 1.165) is 25.9 Å². The minimum atomic E-state index is -3.65. The van der Waals surface area contributed by atoms with Crippen molar-refractivity contribution in [2.24, 2.45) is 5.92 Å². The Labute approximate surface area is 147 Å². The number of anilines is 2. The summed E-state index contributed by atoms with van der Waals surface area (Å²) in [7, 11) is -3.65. The number of sulfonamides is 1. The molecule has 0 atom stereocenters. The highest BCUT2D eigenvalue weighted by atomic mass is 32.2. The van der Waals surface area contributed by atoms with E-state index in [-0.39, 0.29) is 16.7 Å². The third-order valence-electron chi connectivity index (χ3n) is 4.15. The van der Waals surface area contributed by atoms with Gasteiger partial charge in [-0.2, -0.15) is 0 Å². The number of hydrogen-bond acceptors (Lipinski definition) is 4. The second-order valence-corrected chi connectivity index (χ2v) is 7.70. The van der Waals surface area contributed by atoms with Gasteiger partial charge in [0.1, 0.15) is 0 Å². The first-order chi connectivity index (χ1) is 12.0. The van der Waals surface area contributed by atoms with Crippen LogP contribution in [0.25, 0.3) is 0 Å². The molecule has 0 bridgehead atoms. The third-order valence-corrected chi connectivity index (χ3v) is 5.54. The predicted octanol–water partition coefficient (Wildman–Crippen LogP) is 2.43. The number of piperidine rings is 1. The van der Waals surface area contributed by atoms with Gasteiger partial charge in [-0.15, -0.1) is 0 Å². The van der Waals surface area contributed by atoms with Gasteiger partial charge in [-0.1, -0.05) is 24.3 Å². The summed E-state index contributed by atoms with van der Waals surface area (Å²) < 4.78 is 27.3. The van der Waals surface area contributed by atoms with E-state index in [2.05, 4.69) is 15.4 Å². The molecule has 3 N–H and O–H groups in total. The molecule has 1 fully saturated rings. The number of benzene rings is 2. The Morgan fingerprint density at radius 3 is 2.36 bits per heavy atom. The molecule has 0 radical (unpaired) electrons. The lowest BCUT2D eigenvalue weighted by molar-refractivity contribution is -0.120. The summed E-state index contributed by atoms with van der Waals surface area (Å²) >= 11 is 0. The Morgan fingerprint density at radius 2 is 1.64 bits per heavy atom. The molecule has 0 unspecified atom stereocenters. The van der Waals surface area contributed by atoms with Crippen molar-refractivity contribution in [3.05, 3.63) is 54.6 Å². The van der Waals surface area contributed by atoms with E-state index in [1.807, 2.05) is 0 Å². The van der Waals surface area contributed by atoms with E-state index >= 15 is 0 Å². The average molecular weight is 359 g/mol. The molecule has 0 spiro atoms. The van der Waals surface area contributed by atoms with Gasteiger partial charge in [-0.25, -0.2) is 8.42 Å². The molecule has 1 heterocycles. The summed E-state index contributed by atoms with van der Waals surface area (Å²) in [6.07, 6.45) is 1.62. The number of carbonyl (C=O) groups excluding carboxylic acids is 1. The van der Waals surface area contributed by atoms with Crippen LogP contribution < -0.4 is 15.4 Å². The summed E-state index contributed by atoms with van der Waals surface area (Å²) in [5.74, 6) is -0.0320. The van der Waals surface area contributed by atoms with Crippen LogP contribution in [-0.4, -0.2) is 27.4 Å². The summed E-state index contributed by atoms with van der Waals surface area (Å²) in [5, 5.41) is 6.10. The van der Waals surface area contributed by atoms with Gasteiger partial charge >= 0.3 is 0 Å². The Kier molecular flexibility index (Phi) is 5.35. The molecular formula is C18H21N3O3S. The van der Waals surface area contributed by atoms with Gasteiger partial charge in [-0.3, -0.25) is 9.52 Å². The fourth-order valence-electron chi connectivity index (χ4n) is 2.80. The Balaban J connectivity index is 1.70. The van der Waals surface area contributed by atoms with Gasteiger partial charge in [0, 0.05) is 11.6 Å². The lowest BCUT2D eigenvalue weighted by atomic mass is 9.97. The van der Waals surface area contributed by atoms with Crippen LogP contribution in [0.4, 0.5) is 11.4 Å². The van der Waals surface area contributed by atoms with Crippen LogP contribution >= 0.6 is 0 Å². The van der Waals surface area contributed by atoms with Crippen molar-refractivity contribution >= 4 is 27.3 Å². The fourth-order valence-corrected chi connectivity index (χ4v) is 3.87. The molecule has 2 aromatic rings. The lowest BCUT2D eigenvalue weighted by Gasteiger charge is -2.21. The van der Waals surface area contributed by atoms with Crippen LogP contribution in [0, 0.1) is 5.92 Å². The molecule has 3 rings (SSSR count). The first-order valence-corrected chi connectivity index (χ1v) is 9.72. The molecule has 0 aromatic heterocycles. The summed E-state index contributed by atoms with van der Waals surface area (Å²) in [5.41, 5.74) is 0.990. The molecule has 0 saturated carbocycles. The second kappa shape index (κ2) is 7.67. The standard InChI is InChI=1S/C18H21N3O3S/c22-18(14-9-11-19-12-10-14)20-15-5-4-6-16(13-15)21-25(23,24)17-7-2-1-3-8-17/h1-8,13-14,19,21H,9-12H2,(H,20,22). The third kappa shape index (κ3) is 4.58. The quantitative estimate of drug-likeness (QED) is 0.765. The highest BCUT2D eigenvalue weighted by Crippen LogP contribution is 2.21. The van der Waals surface area contributed by atoms with Crippen LogP contribution in [0.3, 0.4) is 0 Å². The van der Waals surface area contributed by atoms with Crippen molar-refractivity contribution < 1.29 is 13.2 Å². The second-order valence-electron chi connectivity index (χ2n) is 6.01. The SMILES string of the molecule is O=C(Nc1cccc(NS(=O)(=O)c2ccccc2)c1)C1CCNCC1. The summed E-state index contributed by atoms with van der Waals surface area (Å²) in [4.78, 5) is 12.5. The molecule has 1 aliphatic rings. The first-order valence-electron chi connectivity index (χ1n) is 8.24. The molecule has 6 nitrogen and oxygen atoms in total. The Morgan fingerprint density at radius 1 is 0.960 bits per heavy atom. The lowest BCUT2D eigenvalue weighted by Crippen LogP contribution is -2.34. The first kappa shape index (κ1) is 17.4. The van der Waals surface area contributed by atoms with Crippen LogP contribution in [0.1, 0.15) is 12.8 Å². The molecule has 132 valence electrons. The molecule has 1 amide bonds. The van der Waals surface area contributed by atoms with Crippen molar-refractivity contribution in [1.29, 1.82) is 0 Å². The van der Waals surface area contributed by atoms with Gasteiger partial charge in [0.25, 0.3) is 10.0 Å². The number of nitrogens with one attached hydrogen (secondary N) is 3. The topological polar surface area (TPSA) is 87.3 Å². The molecule has 0 aliphatic carbocycles. The maximum atomic E-state index is 12.4. The summed E-state index contributed by atoms with van der Waals surface area (Å²) in [6, 6.07) is 14.9. The zero-order chi connectivity index (χ0) is 17.7. The van der Waals surface area contributed by atoms with E-state index in [0.29, 0.717) is 11.4 Å². The van der Waals surface area contributed by atoms with Gasteiger partial charge in [0.2, 0.25) is 5.91 Å². The highest BCUT2D eigenvalue weighted by molar-refractivity contribution is 7.92. The van der Waals surface area contributed by atoms with E-state index in [1.54, 1.807) is 42.5 Å². The van der Waals surface area contributed by atoms with Gasteiger partial charge < -0.3 is 10.6 Å². The van der Waals surface area contributed by atoms with E-state index in [1.165, 1.54) is 12.1 Å². The van der Waals surface area contributed by atoms with Gasteiger partial charge in [-0.05, 0) is 56.3 Å². The van der Waals surface area contributed by atoms with Gasteiger partial charge in [0.05, 0.1) is 10.6 Å². The van der Waals surface area contributed by atoms with Crippen molar-refractivity contribution in [3.63, 3.8) is 0 Å². The molecule has 7 heteroatoms. The monoisotopic (exact) mass is 359 g/mol. The van der Waals surface area contributed by atoms with E-state index in [4.69, 9.17) is 0 Å². The molecule has 1 aliphatic heterocycles. The van der Waals surface area contributed by atoms with E-state index < -0.39 is 10.0 Å². The molecule has 1 saturated heterocycles. The number of carbonyl (C=O) groups is 1. The van der Waals surface area contributed by atoms with Crippen LogP contribution in [0.5, 0.6) is 0 Å². The smallest absolute Gasteiger partial charge is 0.261 e. The molecular weight excluding hydrogens is 338 g/mol. The van der Waals surface area contributed by atoms with Crippen molar-refractivity contribution in [2.45, 2.75) is 17.7 Å². The Bertz CT molecular complexity index is 832. The van der Waals surface area contributed by atoms with Gasteiger partial charge in [0.15, 0.2) is 0 Å². The normalized spacial score (nSPS) is 15.5. The zero-order valence-electron chi connectivity index (χ0n) is 13.7. The van der Waals surface area contributed by atoms with Crippen LogP contribution in [0.15, 0.2) is 59.5 Å². The fraction of sp³-hybridized carbons (Fsp3) is 0.278. The minimum Gasteiger partial charge on any atom is -0.326 e. The average Bonchev–Trinajstić information content (AvgIpc) is 2.63.